The van der Waals surface area contributed by atoms with Crippen LogP contribution in [0.15, 0.2) is 24.4 Å². The third kappa shape index (κ3) is 3.01. The standard InChI is InChI=1S/C16H18ClN3O/c1-9-7-12(17)16(11-3-2-6-19-15(9)11)20-14(21)8-13(18)10-4-5-10/h2-3,6-7,10,13H,4-5,8,18H2,1H3,(H,20,21). The molecule has 110 valence electrons. The van der Waals surface area contributed by atoms with E-state index < -0.39 is 0 Å². The number of aromatic nitrogens is 1. The van der Waals surface area contributed by atoms with Crippen molar-refractivity contribution >= 4 is 34.1 Å². The largest absolute Gasteiger partial charge is 0.327 e. The lowest BCUT2D eigenvalue weighted by atomic mass is 10.1. The molecule has 1 heterocycles. The fourth-order valence-electron chi connectivity index (χ4n) is 2.60. The van der Waals surface area contributed by atoms with Gasteiger partial charge in [0.05, 0.1) is 16.2 Å². The summed E-state index contributed by atoms with van der Waals surface area (Å²) in [4.78, 5) is 16.5. The molecule has 4 nitrogen and oxygen atoms in total. The first-order chi connectivity index (χ1) is 10.1. The van der Waals surface area contributed by atoms with Gasteiger partial charge in [0.15, 0.2) is 0 Å². The SMILES string of the molecule is Cc1cc(Cl)c(NC(=O)CC(N)C2CC2)c2cccnc12. The van der Waals surface area contributed by atoms with Gasteiger partial charge in [0.25, 0.3) is 0 Å². The van der Waals surface area contributed by atoms with Crippen LogP contribution in [-0.4, -0.2) is 16.9 Å². The van der Waals surface area contributed by atoms with E-state index in [4.69, 9.17) is 17.3 Å². The first kappa shape index (κ1) is 14.3. The van der Waals surface area contributed by atoms with Crippen LogP contribution < -0.4 is 11.1 Å². The molecule has 1 fully saturated rings. The average molecular weight is 304 g/mol. The first-order valence-electron chi connectivity index (χ1n) is 7.15. The Morgan fingerprint density at radius 3 is 3.05 bits per heavy atom. The Kier molecular flexibility index (Phi) is 3.83. The van der Waals surface area contributed by atoms with Crippen LogP contribution in [-0.2, 0) is 4.79 Å². The van der Waals surface area contributed by atoms with Gasteiger partial charge in [-0.25, -0.2) is 0 Å². The van der Waals surface area contributed by atoms with Gasteiger partial charge in [0, 0.05) is 24.0 Å². The maximum Gasteiger partial charge on any atom is 0.225 e. The van der Waals surface area contributed by atoms with Crippen molar-refractivity contribution < 1.29 is 4.79 Å². The summed E-state index contributed by atoms with van der Waals surface area (Å²) in [5, 5.41) is 4.29. The molecule has 1 unspecified atom stereocenters. The molecule has 3 rings (SSSR count). The highest BCUT2D eigenvalue weighted by atomic mass is 35.5. The second kappa shape index (κ2) is 5.62. The van der Waals surface area contributed by atoms with Crippen LogP contribution in [0, 0.1) is 12.8 Å². The summed E-state index contributed by atoms with van der Waals surface area (Å²) in [6, 6.07) is 5.52. The molecular weight excluding hydrogens is 286 g/mol. The Balaban J connectivity index is 1.87. The molecule has 1 saturated carbocycles. The van der Waals surface area contributed by atoms with E-state index in [0.717, 1.165) is 29.3 Å². The third-order valence-electron chi connectivity index (χ3n) is 3.95. The van der Waals surface area contributed by atoms with Crippen molar-refractivity contribution in [2.24, 2.45) is 11.7 Å². The third-order valence-corrected chi connectivity index (χ3v) is 4.24. The molecule has 2 aromatic rings. The second-order valence-corrected chi connectivity index (χ2v) is 6.11. The molecule has 3 N–H and O–H groups in total. The number of hydrogen-bond acceptors (Lipinski definition) is 3. The van der Waals surface area contributed by atoms with Crippen molar-refractivity contribution in [3.05, 3.63) is 35.0 Å². The summed E-state index contributed by atoms with van der Waals surface area (Å²) < 4.78 is 0. The number of carbonyl (C=O) groups excluding carboxylic acids is 1. The number of carbonyl (C=O) groups is 1. The van der Waals surface area contributed by atoms with Gasteiger partial charge in [-0.05, 0) is 49.4 Å². The van der Waals surface area contributed by atoms with Gasteiger partial charge in [-0.1, -0.05) is 11.6 Å². The van der Waals surface area contributed by atoms with Gasteiger partial charge in [-0.2, -0.15) is 0 Å². The molecule has 1 aromatic heterocycles. The quantitative estimate of drug-likeness (QED) is 0.911. The minimum absolute atomic E-state index is 0.0568. The Bertz CT molecular complexity index is 697. The van der Waals surface area contributed by atoms with E-state index in [1.807, 2.05) is 25.1 Å². The highest BCUT2D eigenvalue weighted by molar-refractivity contribution is 6.35. The molecule has 1 amide bonds. The average Bonchev–Trinajstić information content (AvgIpc) is 3.28. The van der Waals surface area contributed by atoms with Crippen LogP contribution in [0.3, 0.4) is 0 Å². The van der Waals surface area contributed by atoms with Gasteiger partial charge < -0.3 is 11.1 Å². The van der Waals surface area contributed by atoms with Crippen LogP contribution in [0.2, 0.25) is 5.02 Å². The summed E-state index contributed by atoms with van der Waals surface area (Å²) in [6.07, 6.45) is 4.33. The molecule has 0 radical (unpaired) electrons. The summed E-state index contributed by atoms with van der Waals surface area (Å²) in [5.41, 5.74) is 8.47. The van der Waals surface area contributed by atoms with Crippen LogP contribution in [0.25, 0.3) is 10.9 Å². The number of amides is 1. The lowest BCUT2D eigenvalue weighted by Crippen LogP contribution is -2.29. The molecule has 1 aromatic carbocycles. The lowest BCUT2D eigenvalue weighted by molar-refractivity contribution is -0.116. The number of benzene rings is 1. The summed E-state index contributed by atoms with van der Waals surface area (Å²) in [7, 11) is 0. The Morgan fingerprint density at radius 2 is 2.33 bits per heavy atom. The highest BCUT2D eigenvalue weighted by Gasteiger charge is 2.30. The number of anilines is 1. The minimum atomic E-state index is -0.0923. The minimum Gasteiger partial charge on any atom is -0.327 e. The molecule has 0 saturated heterocycles. The van der Waals surface area contributed by atoms with E-state index in [-0.39, 0.29) is 11.9 Å². The Morgan fingerprint density at radius 1 is 1.57 bits per heavy atom. The van der Waals surface area contributed by atoms with Crippen LogP contribution >= 0.6 is 11.6 Å². The van der Waals surface area contributed by atoms with E-state index in [0.29, 0.717) is 23.0 Å². The number of nitrogens with zero attached hydrogens (tertiary/aromatic N) is 1. The lowest BCUT2D eigenvalue weighted by Gasteiger charge is -2.14. The number of pyridine rings is 1. The maximum atomic E-state index is 12.2. The zero-order chi connectivity index (χ0) is 15.0. The zero-order valence-corrected chi connectivity index (χ0v) is 12.7. The number of hydrogen-bond donors (Lipinski definition) is 2. The monoisotopic (exact) mass is 303 g/mol. The number of aryl methyl sites for hydroxylation is 1. The number of nitrogens with two attached hydrogens (primary N) is 1. The van der Waals surface area contributed by atoms with Gasteiger partial charge in [0.1, 0.15) is 0 Å². The van der Waals surface area contributed by atoms with Crippen molar-refractivity contribution in [3.8, 4) is 0 Å². The topological polar surface area (TPSA) is 68.0 Å². The van der Waals surface area contributed by atoms with E-state index in [1.54, 1.807) is 6.20 Å². The molecule has 1 atom stereocenters. The van der Waals surface area contributed by atoms with Crippen molar-refractivity contribution in [1.29, 1.82) is 0 Å². The molecule has 0 bridgehead atoms. The van der Waals surface area contributed by atoms with Gasteiger partial charge in [-0.3, -0.25) is 9.78 Å². The van der Waals surface area contributed by atoms with Crippen molar-refractivity contribution in [2.75, 3.05) is 5.32 Å². The Labute approximate surface area is 128 Å². The predicted octanol–water partition coefficient (Wildman–Crippen LogP) is 3.26. The zero-order valence-electron chi connectivity index (χ0n) is 11.9. The molecule has 1 aliphatic carbocycles. The highest BCUT2D eigenvalue weighted by Crippen LogP contribution is 2.34. The van der Waals surface area contributed by atoms with E-state index >= 15 is 0 Å². The fraction of sp³-hybridized carbons (Fsp3) is 0.375. The molecule has 0 aliphatic heterocycles. The van der Waals surface area contributed by atoms with E-state index in [9.17, 15) is 4.79 Å². The molecule has 1 aliphatic rings. The van der Waals surface area contributed by atoms with Crippen molar-refractivity contribution in [3.63, 3.8) is 0 Å². The van der Waals surface area contributed by atoms with Crippen molar-refractivity contribution in [2.45, 2.75) is 32.2 Å². The van der Waals surface area contributed by atoms with Crippen LogP contribution in [0.1, 0.15) is 24.8 Å². The van der Waals surface area contributed by atoms with Crippen molar-refractivity contribution in [1.82, 2.24) is 4.98 Å². The number of nitrogens with one attached hydrogen (secondary N) is 1. The molecular formula is C16H18ClN3O. The van der Waals surface area contributed by atoms with Crippen LogP contribution in [0.5, 0.6) is 0 Å². The van der Waals surface area contributed by atoms with Gasteiger partial charge in [0.2, 0.25) is 5.91 Å². The Hall–Kier alpha value is -1.65. The smallest absolute Gasteiger partial charge is 0.225 e. The van der Waals surface area contributed by atoms with E-state index in [2.05, 4.69) is 10.3 Å². The fourth-order valence-corrected chi connectivity index (χ4v) is 2.92. The first-order valence-corrected chi connectivity index (χ1v) is 7.53. The van der Waals surface area contributed by atoms with Gasteiger partial charge >= 0.3 is 0 Å². The summed E-state index contributed by atoms with van der Waals surface area (Å²) in [5.74, 6) is 0.410. The predicted molar refractivity (Wildman–Crippen MR) is 85.4 cm³/mol. The maximum absolute atomic E-state index is 12.2. The number of fused-ring (bicyclic) bond motifs is 1. The molecule has 5 heteroatoms. The summed E-state index contributed by atoms with van der Waals surface area (Å²) in [6.45, 7) is 1.95. The number of rotatable bonds is 4. The molecule has 0 spiro atoms. The number of halogens is 1. The summed E-state index contributed by atoms with van der Waals surface area (Å²) >= 11 is 6.29. The molecule has 21 heavy (non-hydrogen) atoms. The second-order valence-electron chi connectivity index (χ2n) is 5.70. The van der Waals surface area contributed by atoms with Gasteiger partial charge in [-0.15, -0.1) is 0 Å². The van der Waals surface area contributed by atoms with Crippen LogP contribution in [0.4, 0.5) is 5.69 Å². The normalized spacial score (nSPS) is 16.0. The van der Waals surface area contributed by atoms with E-state index in [1.165, 1.54) is 0 Å².